The van der Waals surface area contributed by atoms with Crippen molar-refractivity contribution < 1.29 is 76.9 Å². The van der Waals surface area contributed by atoms with E-state index in [1.165, 1.54) is 46.4 Å². The number of carboxylic acid groups (broad SMARTS) is 2. The Hall–Kier alpha value is -3.09. The highest BCUT2D eigenvalue weighted by Crippen LogP contribution is 2.38. The van der Waals surface area contributed by atoms with E-state index in [9.17, 15) is 33.6 Å². The molecule has 288 valence electrons. The molecule has 0 spiro atoms. The lowest BCUT2D eigenvalue weighted by Crippen LogP contribution is -2.53. The van der Waals surface area contributed by atoms with Crippen molar-refractivity contribution in [3.05, 3.63) is 0 Å². The quantitative estimate of drug-likeness (QED) is 0.139. The summed E-state index contributed by atoms with van der Waals surface area (Å²) in [6, 6.07) is 0. The number of thiol groups is 1. The van der Waals surface area contributed by atoms with E-state index in [0.29, 0.717) is 11.5 Å². The molecule has 0 aliphatic carbocycles. The molecule has 0 saturated carbocycles. The molecule has 10 atom stereocenters. The lowest BCUT2D eigenvalue weighted by molar-refractivity contribution is -0.265. The minimum Gasteiger partial charge on any atom is -0.481 e. The molecule has 0 bridgehead atoms. The molecule has 2 aliphatic heterocycles. The summed E-state index contributed by atoms with van der Waals surface area (Å²) in [6.45, 7) is 14.1. The number of carbonyl (C=O) groups is 7. The molecular formula is C32H52O16S2. The van der Waals surface area contributed by atoms with Crippen LogP contribution in [0.2, 0.25) is 0 Å². The Morgan fingerprint density at radius 1 is 0.600 bits per heavy atom. The maximum absolute atomic E-state index is 11.3. The molecule has 2 rings (SSSR count). The zero-order chi connectivity index (χ0) is 38.7. The van der Waals surface area contributed by atoms with Crippen LogP contribution in [0, 0.1) is 23.7 Å². The highest BCUT2D eigenvalue weighted by Gasteiger charge is 2.46. The highest BCUT2D eigenvalue weighted by atomic mass is 32.2. The van der Waals surface area contributed by atoms with Gasteiger partial charge in [-0.15, -0.1) is 11.8 Å². The second kappa shape index (κ2) is 24.2. The molecule has 0 aromatic heterocycles. The van der Waals surface area contributed by atoms with Crippen molar-refractivity contribution in [2.45, 2.75) is 111 Å². The fourth-order valence-corrected chi connectivity index (χ4v) is 6.27. The second-order valence-electron chi connectivity index (χ2n) is 11.8. The number of rotatable bonds is 13. The maximum Gasteiger partial charge on any atom is 0.304 e. The summed E-state index contributed by atoms with van der Waals surface area (Å²) < 4.78 is 37.3. The lowest BCUT2D eigenvalue weighted by Gasteiger charge is -2.43. The minimum absolute atomic E-state index is 0.000328. The van der Waals surface area contributed by atoms with Gasteiger partial charge in [0.25, 0.3) is 0 Å². The molecule has 0 aromatic rings. The van der Waals surface area contributed by atoms with Crippen molar-refractivity contribution >= 4 is 66.2 Å². The third kappa shape index (κ3) is 18.8. The summed E-state index contributed by atoms with van der Waals surface area (Å²) in [5, 5.41) is 16.6. The number of carbonyl (C=O) groups excluding carboxylic acids is 5. The predicted octanol–water partition coefficient (Wildman–Crippen LogP) is 3.12. The average Bonchev–Trinajstić information content (AvgIpc) is 2.98. The summed E-state index contributed by atoms with van der Waals surface area (Å²) in [5.41, 5.74) is -0.239. The third-order valence-electron chi connectivity index (χ3n) is 7.62. The number of hydrogen-bond acceptors (Lipinski definition) is 16. The van der Waals surface area contributed by atoms with Gasteiger partial charge in [-0.25, -0.2) is 0 Å². The Bertz CT molecular complexity index is 1130. The van der Waals surface area contributed by atoms with Crippen molar-refractivity contribution in [3.8, 4) is 0 Å². The summed E-state index contributed by atoms with van der Waals surface area (Å²) in [6.07, 6.45) is -2.85. The third-order valence-corrected chi connectivity index (χ3v) is 9.15. The summed E-state index contributed by atoms with van der Waals surface area (Å²) in [5.74, 6) is -3.23. The van der Waals surface area contributed by atoms with E-state index >= 15 is 0 Å². The molecule has 2 fully saturated rings. The number of hydrogen-bond donors (Lipinski definition) is 3. The van der Waals surface area contributed by atoms with Gasteiger partial charge in [0.15, 0.2) is 0 Å². The fourth-order valence-electron chi connectivity index (χ4n) is 4.78. The first-order chi connectivity index (χ1) is 23.2. The first-order valence-electron chi connectivity index (χ1n) is 16.0. The zero-order valence-corrected chi connectivity index (χ0v) is 31.7. The van der Waals surface area contributed by atoms with E-state index in [-0.39, 0.29) is 55.2 Å². The van der Waals surface area contributed by atoms with Crippen LogP contribution in [-0.2, 0) is 66.7 Å². The smallest absolute Gasteiger partial charge is 0.304 e. The van der Waals surface area contributed by atoms with Crippen LogP contribution in [-0.4, -0.2) is 113 Å². The molecule has 2 heterocycles. The Morgan fingerprint density at radius 3 is 1.38 bits per heavy atom. The predicted molar refractivity (Wildman–Crippen MR) is 181 cm³/mol. The summed E-state index contributed by atoms with van der Waals surface area (Å²) in [7, 11) is 0. The van der Waals surface area contributed by atoms with Gasteiger partial charge in [0.2, 0.25) is 6.29 Å². The van der Waals surface area contributed by atoms with E-state index in [4.69, 9.17) is 43.4 Å². The molecule has 2 aliphatic rings. The van der Waals surface area contributed by atoms with E-state index in [1.807, 2.05) is 27.7 Å². The first kappa shape index (κ1) is 46.9. The molecule has 10 unspecified atom stereocenters. The van der Waals surface area contributed by atoms with Gasteiger partial charge >= 0.3 is 41.8 Å². The minimum atomic E-state index is -0.858. The number of carboxylic acids is 2. The Balaban J connectivity index is 0.000000828. The van der Waals surface area contributed by atoms with Crippen molar-refractivity contribution in [1.29, 1.82) is 0 Å². The van der Waals surface area contributed by atoms with Gasteiger partial charge in [0.1, 0.15) is 43.1 Å². The standard InChI is InChI=1S/C15H24O7S.C14H22O7.C3H6O2S/c1-8-9(2)15(23-6-5-13(18)19)22-12(7-20-10(3)16)14(8)21-11(4)17;1-7-8(2)14(20-11(5)17)21-12(6-18-9(3)15)13(7)19-10(4)16;4-3(5)1-2-6/h8-9,12,14-15H,5-7H2,1-4H3,(H,18,19);7-8,12-14H,6H2,1-5H3;6H,1-2H2,(H,4,5). The van der Waals surface area contributed by atoms with Gasteiger partial charge in [0, 0.05) is 63.9 Å². The summed E-state index contributed by atoms with van der Waals surface area (Å²) in [4.78, 5) is 75.8. The van der Waals surface area contributed by atoms with Gasteiger partial charge in [-0.3, -0.25) is 33.6 Å². The summed E-state index contributed by atoms with van der Waals surface area (Å²) >= 11 is 5.09. The Labute approximate surface area is 302 Å². The molecule has 0 radical (unpaired) electrons. The molecule has 0 aromatic carbocycles. The monoisotopic (exact) mass is 756 g/mol. The van der Waals surface area contributed by atoms with Crippen LogP contribution in [0.1, 0.15) is 75.2 Å². The van der Waals surface area contributed by atoms with Crippen LogP contribution in [0.4, 0.5) is 0 Å². The van der Waals surface area contributed by atoms with E-state index in [0.717, 1.165) is 0 Å². The van der Waals surface area contributed by atoms with Crippen molar-refractivity contribution in [2.75, 3.05) is 24.7 Å². The highest BCUT2D eigenvalue weighted by molar-refractivity contribution is 7.99. The van der Waals surface area contributed by atoms with Crippen LogP contribution < -0.4 is 0 Å². The molecular weight excluding hydrogens is 704 g/mol. The topological polar surface area (TPSA) is 225 Å². The Morgan fingerprint density at radius 2 is 1.02 bits per heavy atom. The van der Waals surface area contributed by atoms with Gasteiger partial charge in [0.05, 0.1) is 12.8 Å². The molecule has 2 N–H and O–H groups in total. The SMILES string of the molecule is CC(=O)OCC1OC(OC(C)=O)C(C)C(C)C1OC(C)=O.CC(=O)OCC1OC(SCCC(=O)O)C(C)C(C)C1OC(C)=O.O=C(O)CCS. The molecule has 16 nitrogen and oxygen atoms in total. The zero-order valence-electron chi connectivity index (χ0n) is 30.0. The van der Waals surface area contributed by atoms with E-state index < -0.39 is 72.5 Å². The molecule has 50 heavy (non-hydrogen) atoms. The van der Waals surface area contributed by atoms with Crippen molar-refractivity contribution in [3.63, 3.8) is 0 Å². The maximum atomic E-state index is 11.3. The Kier molecular flexibility index (Phi) is 22.7. The van der Waals surface area contributed by atoms with Crippen LogP contribution in [0.5, 0.6) is 0 Å². The van der Waals surface area contributed by atoms with Gasteiger partial charge in [-0.2, -0.15) is 12.6 Å². The fraction of sp³-hybridized carbons (Fsp3) is 0.781. The lowest BCUT2D eigenvalue weighted by atomic mass is 9.84. The number of esters is 5. The van der Waals surface area contributed by atoms with Crippen molar-refractivity contribution in [1.82, 2.24) is 0 Å². The normalized spacial score (nSPS) is 28.5. The number of aliphatic carboxylic acids is 2. The number of ether oxygens (including phenoxy) is 7. The van der Waals surface area contributed by atoms with Crippen LogP contribution in [0.3, 0.4) is 0 Å². The first-order valence-corrected chi connectivity index (χ1v) is 17.6. The van der Waals surface area contributed by atoms with Crippen LogP contribution >= 0.6 is 24.4 Å². The van der Waals surface area contributed by atoms with Gasteiger partial charge in [-0.1, -0.05) is 27.7 Å². The second-order valence-corrected chi connectivity index (χ2v) is 13.4. The van der Waals surface area contributed by atoms with Crippen molar-refractivity contribution in [2.24, 2.45) is 23.7 Å². The molecule has 18 heteroatoms. The largest absolute Gasteiger partial charge is 0.481 e. The van der Waals surface area contributed by atoms with Gasteiger partial charge in [-0.05, 0) is 5.92 Å². The van der Waals surface area contributed by atoms with E-state index in [1.54, 1.807) is 0 Å². The van der Waals surface area contributed by atoms with Crippen LogP contribution in [0.15, 0.2) is 0 Å². The van der Waals surface area contributed by atoms with Crippen LogP contribution in [0.25, 0.3) is 0 Å². The average molecular weight is 757 g/mol. The van der Waals surface area contributed by atoms with Gasteiger partial charge < -0.3 is 43.4 Å². The molecule has 2 saturated heterocycles. The van der Waals surface area contributed by atoms with E-state index in [2.05, 4.69) is 12.6 Å². The molecule has 0 amide bonds. The number of thioether (sulfide) groups is 1.